The molecule has 3 heteroatoms. The van der Waals surface area contributed by atoms with E-state index >= 15 is 0 Å². The molecule has 0 bridgehead atoms. The van der Waals surface area contributed by atoms with Crippen LogP contribution in [0.2, 0.25) is 0 Å². The van der Waals surface area contributed by atoms with Gasteiger partial charge in [0.2, 0.25) is 0 Å². The zero-order valence-corrected chi connectivity index (χ0v) is 42.2. The zero-order chi connectivity index (χ0) is 42.6. The van der Waals surface area contributed by atoms with Crippen LogP contribution in [0.25, 0.3) is 0 Å². The van der Waals surface area contributed by atoms with E-state index in [1.165, 1.54) is 180 Å². The number of nitrogens with zero attached hydrogens (tertiary/aromatic N) is 3. The molecule has 0 N–H and O–H groups in total. The Balaban J connectivity index is 0.766. The molecule has 0 atom stereocenters. The molecule has 0 aliphatic heterocycles. The van der Waals surface area contributed by atoms with Gasteiger partial charge in [0.15, 0.2) is 0 Å². The normalized spacial score (nSPS) is 46.8. The number of hydrogen-bond acceptors (Lipinski definition) is 3. The van der Waals surface area contributed by atoms with Crippen molar-refractivity contribution in [1.82, 2.24) is 14.7 Å². The zero-order valence-electron chi connectivity index (χ0n) is 42.2. The van der Waals surface area contributed by atoms with Gasteiger partial charge in [-0.05, 0) is 284 Å². The van der Waals surface area contributed by atoms with Crippen molar-refractivity contribution in [3.8, 4) is 0 Å². The highest BCUT2D eigenvalue weighted by Crippen LogP contribution is 2.48. The molecule has 0 aromatic rings. The van der Waals surface area contributed by atoms with E-state index in [9.17, 15) is 0 Å². The summed E-state index contributed by atoms with van der Waals surface area (Å²) in [5.41, 5.74) is 0. The monoisotopic (exact) mass is 856 g/mol. The number of hydrogen-bond donors (Lipinski definition) is 0. The Bertz CT molecular complexity index is 1130. The first-order chi connectivity index (χ1) is 30.3. The molecule has 0 aromatic carbocycles. The molecule has 0 radical (unpaired) electrons. The standard InChI is InChI=1S/C59H105N3/c1-42-6-24-51(25-7-42)60(52-26-8-43(2)9-27-52)56-34-16-47(17-35-56)49-20-38-58(39-21-49)62(55-32-14-46(5)15-33-55)59-40-22-50(23-41-59)48-18-36-57(37-19-48)61(53-28-10-44(3)11-29-53)54-30-12-45(4)13-31-54/h42-59H,6-41H2,1-5H3. The smallest absolute Gasteiger partial charge is 0.0101 e. The average Bonchev–Trinajstić information content (AvgIpc) is 3.31. The lowest BCUT2D eigenvalue weighted by Crippen LogP contribution is -2.54. The third-order valence-electron chi connectivity index (χ3n) is 22.0. The lowest BCUT2D eigenvalue weighted by atomic mass is 9.69. The van der Waals surface area contributed by atoms with Gasteiger partial charge in [0.05, 0.1) is 0 Å². The van der Waals surface area contributed by atoms with E-state index in [-0.39, 0.29) is 0 Å². The van der Waals surface area contributed by atoms with E-state index in [2.05, 4.69) is 49.3 Å². The highest BCUT2D eigenvalue weighted by Gasteiger charge is 2.44. The molecule has 62 heavy (non-hydrogen) atoms. The maximum absolute atomic E-state index is 3.31. The van der Waals surface area contributed by atoms with E-state index in [0.717, 1.165) is 108 Å². The van der Waals surface area contributed by atoms with Crippen molar-refractivity contribution in [3.63, 3.8) is 0 Å². The fraction of sp³-hybridized carbons (Fsp3) is 1.00. The van der Waals surface area contributed by atoms with E-state index in [4.69, 9.17) is 0 Å². The molecule has 0 saturated heterocycles. The van der Waals surface area contributed by atoms with Gasteiger partial charge in [0, 0.05) is 54.4 Å². The van der Waals surface area contributed by atoms with Crippen LogP contribution >= 0.6 is 0 Å². The molecule has 0 aromatic heterocycles. The van der Waals surface area contributed by atoms with Crippen molar-refractivity contribution in [3.05, 3.63) is 0 Å². The van der Waals surface area contributed by atoms with Crippen molar-refractivity contribution < 1.29 is 0 Å². The first-order valence-corrected chi connectivity index (χ1v) is 29.6. The Hall–Kier alpha value is -0.120. The van der Waals surface area contributed by atoms with Crippen molar-refractivity contribution in [2.75, 3.05) is 0 Å². The van der Waals surface area contributed by atoms with E-state index < -0.39 is 0 Å². The van der Waals surface area contributed by atoms with Crippen molar-refractivity contribution in [2.45, 2.75) is 320 Å². The van der Waals surface area contributed by atoms with Crippen LogP contribution in [0.3, 0.4) is 0 Å². The summed E-state index contributed by atoms with van der Waals surface area (Å²) in [6, 6.07) is 8.11. The fourth-order valence-corrected chi connectivity index (χ4v) is 17.9. The Labute approximate surface area is 386 Å². The summed E-state index contributed by atoms with van der Waals surface area (Å²) in [6.07, 6.45) is 54.5. The Morgan fingerprint density at radius 1 is 0.161 bits per heavy atom. The van der Waals surface area contributed by atoms with Gasteiger partial charge in [0.25, 0.3) is 0 Å². The molecular formula is C59H105N3. The van der Waals surface area contributed by atoms with Crippen molar-refractivity contribution >= 4 is 0 Å². The van der Waals surface area contributed by atoms with Crippen LogP contribution in [0.15, 0.2) is 0 Å². The van der Waals surface area contributed by atoms with Crippen LogP contribution in [0.5, 0.6) is 0 Å². The lowest BCUT2D eigenvalue weighted by Gasteiger charge is -2.52. The summed E-state index contributed by atoms with van der Waals surface area (Å²) < 4.78 is 0. The van der Waals surface area contributed by atoms with Gasteiger partial charge in [-0.3, -0.25) is 14.7 Å². The van der Waals surface area contributed by atoms with E-state index in [0.29, 0.717) is 0 Å². The second kappa shape index (κ2) is 22.3. The molecule has 356 valence electrons. The predicted molar refractivity (Wildman–Crippen MR) is 266 cm³/mol. The van der Waals surface area contributed by atoms with Crippen LogP contribution in [0.4, 0.5) is 0 Å². The molecule has 3 nitrogen and oxygen atoms in total. The van der Waals surface area contributed by atoms with Crippen LogP contribution in [0.1, 0.15) is 266 Å². The highest BCUT2D eigenvalue weighted by atomic mass is 15.2. The topological polar surface area (TPSA) is 9.72 Å². The SMILES string of the molecule is CC1CCC(N(C2CCC(C)CC2)C2CCC(C3CCC(N(C4CCC(C)CC4)C4CCC(C5CCC(N(C6CCC(C)CC6)C6CCC(C)CC6)CC5)CC4)CC3)CC2)CC1. The molecular weight excluding hydrogens is 751 g/mol. The largest absolute Gasteiger partial charge is 0.294 e. The molecule has 0 unspecified atom stereocenters. The predicted octanol–water partition coefficient (Wildman–Crippen LogP) is 16.0. The first-order valence-electron chi connectivity index (χ1n) is 29.6. The molecule has 9 aliphatic rings. The van der Waals surface area contributed by atoms with Gasteiger partial charge >= 0.3 is 0 Å². The van der Waals surface area contributed by atoms with Crippen LogP contribution in [-0.2, 0) is 0 Å². The molecule has 9 saturated carbocycles. The van der Waals surface area contributed by atoms with Gasteiger partial charge in [-0.15, -0.1) is 0 Å². The summed E-state index contributed by atoms with van der Waals surface area (Å²) in [6.45, 7) is 12.6. The van der Waals surface area contributed by atoms with Crippen LogP contribution < -0.4 is 0 Å². The Morgan fingerprint density at radius 3 is 0.403 bits per heavy atom. The molecule has 0 heterocycles. The maximum Gasteiger partial charge on any atom is 0.0101 e. The van der Waals surface area contributed by atoms with Crippen LogP contribution in [0, 0.1) is 53.3 Å². The first kappa shape index (κ1) is 47.0. The minimum atomic E-state index is 0.896. The quantitative estimate of drug-likeness (QED) is 0.205. The average molecular weight is 857 g/mol. The van der Waals surface area contributed by atoms with Gasteiger partial charge < -0.3 is 0 Å². The Kier molecular flexibility index (Phi) is 16.9. The summed E-state index contributed by atoms with van der Waals surface area (Å²) in [5, 5.41) is 0. The minimum absolute atomic E-state index is 0.896. The second-order valence-electron chi connectivity index (χ2n) is 26.2. The van der Waals surface area contributed by atoms with E-state index in [1.54, 1.807) is 51.4 Å². The van der Waals surface area contributed by atoms with Crippen molar-refractivity contribution in [1.29, 1.82) is 0 Å². The fourth-order valence-electron chi connectivity index (χ4n) is 17.9. The summed E-state index contributed by atoms with van der Waals surface area (Å²) in [7, 11) is 0. The van der Waals surface area contributed by atoms with Gasteiger partial charge in [-0.2, -0.15) is 0 Å². The number of rotatable bonds is 11. The van der Waals surface area contributed by atoms with Crippen molar-refractivity contribution in [2.24, 2.45) is 53.3 Å². The second-order valence-corrected chi connectivity index (χ2v) is 26.2. The summed E-state index contributed by atoms with van der Waals surface area (Å²) in [5.74, 6) is 8.96. The summed E-state index contributed by atoms with van der Waals surface area (Å²) in [4.78, 5) is 9.78. The maximum atomic E-state index is 3.31. The molecule has 0 amide bonds. The summed E-state index contributed by atoms with van der Waals surface area (Å²) >= 11 is 0. The third-order valence-corrected chi connectivity index (χ3v) is 22.0. The molecule has 9 fully saturated rings. The van der Waals surface area contributed by atoms with Gasteiger partial charge in [-0.1, -0.05) is 34.6 Å². The van der Waals surface area contributed by atoms with E-state index in [1.807, 2.05) is 0 Å². The lowest BCUT2D eigenvalue weighted by molar-refractivity contribution is -0.0192. The van der Waals surface area contributed by atoms with Gasteiger partial charge in [-0.25, -0.2) is 0 Å². The minimum Gasteiger partial charge on any atom is -0.294 e. The van der Waals surface area contributed by atoms with Gasteiger partial charge in [0.1, 0.15) is 0 Å². The molecule has 0 spiro atoms. The third kappa shape index (κ3) is 11.6. The van der Waals surface area contributed by atoms with Crippen LogP contribution in [-0.4, -0.2) is 69.1 Å². The molecule has 9 aliphatic carbocycles. The Morgan fingerprint density at radius 2 is 0.274 bits per heavy atom. The highest BCUT2D eigenvalue weighted by molar-refractivity contribution is 4.98. The molecule has 9 rings (SSSR count).